The van der Waals surface area contributed by atoms with Crippen molar-refractivity contribution in [3.05, 3.63) is 78.2 Å². The van der Waals surface area contributed by atoms with E-state index in [0.29, 0.717) is 34.5 Å². The SMILES string of the molecule is CCn1ncc2c(C(=O)OCc3ccccn3)cc(-c3ccccc3)nc21. The summed E-state index contributed by atoms with van der Waals surface area (Å²) in [4.78, 5) is 21.7. The van der Waals surface area contributed by atoms with Crippen LogP contribution in [0, 0.1) is 0 Å². The summed E-state index contributed by atoms with van der Waals surface area (Å²) < 4.78 is 7.26. The average Bonchev–Trinajstić information content (AvgIpc) is 3.16. The summed E-state index contributed by atoms with van der Waals surface area (Å²) in [6, 6.07) is 17.0. The lowest BCUT2D eigenvalue weighted by Crippen LogP contribution is -2.08. The molecule has 0 aliphatic rings. The summed E-state index contributed by atoms with van der Waals surface area (Å²) in [5.41, 5.74) is 3.46. The molecule has 0 radical (unpaired) electrons. The van der Waals surface area contributed by atoms with Crippen molar-refractivity contribution in [1.29, 1.82) is 0 Å². The third-order valence-electron chi connectivity index (χ3n) is 4.28. The van der Waals surface area contributed by atoms with Crippen LogP contribution in [0.2, 0.25) is 0 Å². The summed E-state index contributed by atoms with van der Waals surface area (Å²) >= 11 is 0. The molecule has 0 aliphatic heterocycles. The minimum absolute atomic E-state index is 0.117. The molecular weight excluding hydrogens is 340 g/mol. The van der Waals surface area contributed by atoms with E-state index in [-0.39, 0.29) is 6.61 Å². The number of aromatic nitrogens is 4. The molecule has 0 amide bonds. The van der Waals surface area contributed by atoms with Crippen molar-refractivity contribution in [2.45, 2.75) is 20.1 Å². The smallest absolute Gasteiger partial charge is 0.339 e. The van der Waals surface area contributed by atoms with E-state index in [1.165, 1.54) is 0 Å². The van der Waals surface area contributed by atoms with Crippen molar-refractivity contribution >= 4 is 17.0 Å². The summed E-state index contributed by atoms with van der Waals surface area (Å²) in [6.45, 7) is 2.77. The molecule has 0 N–H and O–H groups in total. The Morgan fingerprint density at radius 3 is 2.67 bits per heavy atom. The number of carbonyl (C=O) groups excluding carboxylic acids is 1. The number of esters is 1. The number of nitrogens with zero attached hydrogens (tertiary/aromatic N) is 4. The molecule has 4 rings (SSSR count). The van der Waals surface area contributed by atoms with Crippen LogP contribution in [0.25, 0.3) is 22.3 Å². The predicted octanol–water partition coefficient (Wildman–Crippen LogP) is 3.87. The van der Waals surface area contributed by atoms with Gasteiger partial charge in [-0.1, -0.05) is 36.4 Å². The third kappa shape index (κ3) is 3.42. The lowest BCUT2D eigenvalue weighted by Gasteiger charge is -2.09. The van der Waals surface area contributed by atoms with E-state index < -0.39 is 5.97 Å². The lowest BCUT2D eigenvalue weighted by molar-refractivity contribution is 0.0470. The Bertz CT molecular complexity index is 1080. The maximum atomic E-state index is 12.8. The van der Waals surface area contributed by atoms with Crippen molar-refractivity contribution in [3.8, 4) is 11.3 Å². The number of ether oxygens (including phenoxy) is 1. The topological polar surface area (TPSA) is 69.9 Å². The molecule has 0 aliphatic carbocycles. The monoisotopic (exact) mass is 358 g/mol. The third-order valence-corrected chi connectivity index (χ3v) is 4.28. The Morgan fingerprint density at radius 1 is 1.11 bits per heavy atom. The molecule has 0 unspecified atom stereocenters. The summed E-state index contributed by atoms with van der Waals surface area (Å²) in [7, 11) is 0. The average molecular weight is 358 g/mol. The van der Waals surface area contributed by atoms with E-state index in [0.717, 1.165) is 5.56 Å². The molecule has 4 aromatic rings. The number of aryl methyl sites for hydroxylation is 1. The van der Waals surface area contributed by atoms with Crippen LogP contribution in [0.4, 0.5) is 0 Å². The Labute approximate surface area is 156 Å². The van der Waals surface area contributed by atoms with Gasteiger partial charge in [0.15, 0.2) is 5.65 Å². The van der Waals surface area contributed by atoms with Gasteiger partial charge in [0.2, 0.25) is 0 Å². The van der Waals surface area contributed by atoms with Gasteiger partial charge in [0.05, 0.1) is 28.5 Å². The van der Waals surface area contributed by atoms with E-state index >= 15 is 0 Å². The minimum Gasteiger partial charge on any atom is -0.456 e. The van der Waals surface area contributed by atoms with Crippen LogP contribution in [-0.2, 0) is 17.9 Å². The Balaban J connectivity index is 1.74. The molecule has 6 heteroatoms. The molecule has 0 atom stereocenters. The second-order valence-electron chi connectivity index (χ2n) is 6.02. The van der Waals surface area contributed by atoms with E-state index in [2.05, 4.69) is 10.1 Å². The fourth-order valence-corrected chi connectivity index (χ4v) is 2.91. The highest BCUT2D eigenvalue weighted by Crippen LogP contribution is 2.25. The lowest BCUT2D eigenvalue weighted by atomic mass is 10.1. The van der Waals surface area contributed by atoms with Gasteiger partial charge in [-0.05, 0) is 25.1 Å². The van der Waals surface area contributed by atoms with E-state index in [9.17, 15) is 4.79 Å². The molecular formula is C21H18N4O2. The zero-order valence-corrected chi connectivity index (χ0v) is 14.9. The van der Waals surface area contributed by atoms with Crippen LogP contribution in [0.3, 0.4) is 0 Å². The molecule has 0 bridgehead atoms. The van der Waals surface area contributed by atoms with Gasteiger partial charge in [0.1, 0.15) is 6.61 Å². The van der Waals surface area contributed by atoms with Crippen LogP contribution in [0.5, 0.6) is 0 Å². The Hall–Kier alpha value is -3.54. The first-order chi connectivity index (χ1) is 13.3. The number of rotatable bonds is 5. The van der Waals surface area contributed by atoms with Crippen LogP contribution < -0.4 is 0 Å². The first-order valence-electron chi connectivity index (χ1n) is 8.75. The van der Waals surface area contributed by atoms with E-state index in [1.807, 2.05) is 55.5 Å². The van der Waals surface area contributed by atoms with Gasteiger partial charge in [-0.3, -0.25) is 4.98 Å². The number of pyridine rings is 2. The highest BCUT2D eigenvalue weighted by Gasteiger charge is 2.18. The van der Waals surface area contributed by atoms with Crippen LogP contribution in [-0.4, -0.2) is 25.7 Å². The largest absolute Gasteiger partial charge is 0.456 e. The summed E-state index contributed by atoms with van der Waals surface area (Å²) in [5.74, 6) is -0.416. The van der Waals surface area contributed by atoms with Crippen molar-refractivity contribution < 1.29 is 9.53 Å². The Morgan fingerprint density at radius 2 is 1.93 bits per heavy atom. The molecule has 0 saturated carbocycles. The Kier molecular flexibility index (Phi) is 4.61. The molecule has 1 aromatic carbocycles. The van der Waals surface area contributed by atoms with Crippen LogP contribution in [0.1, 0.15) is 23.0 Å². The minimum atomic E-state index is -0.416. The number of hydrogen-bond acceptors (Lipinski definition) is 5. The maximum absolute atomic E-state index is 12.8. The highest BCUT2D eigenvalue weighted by molar-refractivity contribution is 6.03. The standard InChI is InChI=1S/C21H18N4O2/c1-2-25-20-18(13-23-25)17(12-19(24-20)15-8-4-3-5-9-15)21(26)27-14-16-10-6-7-11-22-16/h3-13H,2,14H2,1H3. The van der Waals surface area contributed by atoms with Gasteiger partial charge < -0.3 is 4.74 Å². The van der Waals surface area contributed by atoms with E-state index in [1.54, 1.807) is 23.1 Å². The van der Waals surface area contributed by atoms with Gasteiger partial charge in [0, 0.05) is 18.3 Å². The normalized spacial score (nSPS) is 10.9. The van der Waals surface area contributed by atoms with E-state index in [4.69, 9.17) is 9.72 Å². The second-order valence-corrected chi connectivity index (χ2v) is 6.02. The number of carbonyl (C=O) groups is 1. The molecule has 0 spiro atoms. The molecule has 6 nitrogen and oxygen atoms in total. The zero-order chi connectivity index (χ0) is 18.6. The second kappa shape index (κ2) is 7.37. The number of hydrogen-bond donors (Lipinski definition) is 0. The molecule has 0 saturated heterocycles. The molecule has 134 valence electrons. The fourth-order valence-electron chi connectivity index (χ4n) is 2.91. The van der Waals surface area contributed by atoms with Crippen LogP contribution in [0.15, 0.2) is 67.0 Å². The highest BCUT2D eigenvalue weighted by atomic mass is 16.5. The first kappa shape index (κ1) is 16.9. The van der Waals surface area contributed by atoms with Gasteiger partial charge in [0.25, 0.3) is 0 Å². The van der Waals surface area contributed by atoms with Gasteiger partial charge >= 0.3 is 5.97 Å². The molecule has 27 heavy (non-hydrogen) atoms. The predicted molar refractivity (Wildman–Crippen MR) is 102 cm³/mol. The van der Waals surface area contributed by atoms with Crippen molar-refractivity contribution in [2.75, 3.05) is 0 Å². The van der Waals surface area contributed by atoms with Crippen molar-refractivity contribution in [3.63, 3.8) is 0 Å². The van der Waals surface area contributed by atoms with Gasteiger partial charge in [-0.15, -0.1) is 0 Å². The quantitative estimate of drug-likeness (QED) is 0.507. The molecule has 0 fully saturated rings. The molecule has 3 aromatic heterocycles. The number of fused-ring (bicyclic) bond motifs is 1. The summed E-state index contributed by atoms with van der Waals surface area (Å²) in [6.07, 6.45) is 3.34. The van der Waals surface area contributed by atoms with Gasteiger partial charge in [-0.2, -0.15) is 5.10 Å². The number of benzene rings is 1. The van der Waals surface area contributed by atoms with Crippen molar-refractivity contribution in [2.24, 2.45) is 0 Å². The fraction of sp³-hybridized carbons (Fsp3) is 0.143. The van der Waals surface area contributed by atoms with Gasteiger partial charge in [-0.25, -0.2) is 14.5 Å². The van der Waals surface area contributed by atoms with Crippen molar-refractivity contribution in [1.82, 2.24) is 19.7 Å². The summed E-state index contributed by atoms with van der Waals surface area (Å²) in [5, 5.41) is 5.03. The first-order valence-corrected chi connectivity index (χ1v) is 8.75. The molecule has 3 heterocycles. The maximum Gasteiger partial charge on any atom is 0.339 e. The zero-order valence-electron chi connectivity index (χ0n) is 14.9. The van der Waals surface area contributed by atoms with Crippen LogP contribution >= 0.6 is 0 Å².